The molecule has 0 unspecified atom stereocenters. The number of hydrogen-bond donors (Lipinski definition) is 0. The summed E-state index contributed by atoms with van der Waals surface area (Å²) < 4.78 is 0. The van der Waals surface area contributed by atoms with Crippen molar-refractivity contribution < 1.29 is 0 Å². The van der Waals surface area contributed by atoms with Crippen molar-refractivity contribution in [1.82, 2.24) is 4.90 Å². The Labute approximate surface area is 77.7 Å². The van der Waals surface area contributed by atoms with E-state index < -0.39 is 0 Å². The Morgan fingerprint density at radius 3 is 2.08 bits per heavy atom. The van der Waals surface area contributed by atoms with Gasteiger partial charge in [0.15, 0.2) is 0 Å². The van der Waals surface area contributed by atoms with E-state index in [2.05, 4.69) is 11.9 Å². The molecular weight excluding hydrogens is 148 g/mol. The topological polar surface area (TPSA) is 15.6 Å². The first-order chi connectivity index (χ1) is 5.68. The van der Waals surface area contributed by atoms with Gasteiger partial charge in [0, 0.05) is 20.6 Å². The number of hydrogen-bond acceptors (Lipinski definition) is 1. The van der Waals surface area contributed by atoms with E-state index in [1.807, 2.05) is 39.8 Å². The molecule has 2 heteroatoms. The van der Waals surface area contributed by atoms with Crippen molar-refractivity contribution in [2.45, 2.75) is 40.5 Å². The summed E-state index contributed by atoms with van der Waals surface area (Å²) in [7, 11) is 4.04. The summed E-state index contributed by atoms with van der Waals surface area (Å²) >= 11 is 0. The maximum absolute atomic E-state index is 4.36. The van der Waals surface area contributed by atoms with Gasteiger partial charge in [0.05, 0.1) is 5.84 Å². The molecule has 0 aromatic rings. The fraction of sp³-hybridized carbons (Fsp3) is 0.900. The molecule has 0 heterocycles. The molecule has 0 aromatic carbocycles. The van der Waals surface area contributed by atoms with Gasteiger partial charge in [-0.1, -0.05) is 27.2 Å². The summed E-state index contributed by atoms with van der Waals surface area (Å²) in [4.78, 5) is 6.39. The maximum atomic E-state index is 4.36. The SMILES string of the molecule is CC.CCCCN=C(C)N(C)C. The second-order valence-electron chi connectivity index (χ2n) is 2.68. The lowest BCUT2D eigenvalue weighted by Gasteiger charge is -2.10. The molecular formula is C10H24N2. The molecule has 0 aromatic heterocycles. The molecule has 0 N–H and O–H groups in total. The summed E-state index contributed by atoms with van der Waals surface area (Å²) in [5.74, 6) is 1.12. The molecule has 0 rings (SSSR count). The van der Waals surface area contributed by atoms with Crippen molar-refractivity contribution in [1.29, 1.82) is 0 Å². The van der Waals surface area contributed by atoms with Gasteiger partial charge in [-0.25, -0.2) is 0 Å². The number of nitrogens with zero attached hydrogens (tertiary/aromatic N) is 2. The molecule has 0 saturated carbocycles. The van der Waals surface area contributed by atoms with Gasteiger partial charge in [0.2, 0.25) is 0 Å². The van der Waals surface area contributed by atoms with Gasteiger partial charge in [-0.2, -0.15) is 0 Å². The van der Waals surface area contributed by atoms with Crippen LogP contribution in [0, 0.1) is 0 Å². The summed E-state index contributed by atoms with van der Waals surface area (Å²) in [6.07, 6.45) is 2.43. The first kappa shape index (κ1) is 14.0. The first-order valence-corrected chi connectivity index (χ1v) is 4.86. The second-order valence-corrected chi connectivity index (χ2v) is 2.68. The van der Waals surface area contributed by atoms with E-state index in [4.69, 9.17) is 0 Å². The van der Waals surface area contributed by atoms with Crippen LogP contribution in [0.4, 0.5) is 0 Å². The summed E-state index contributed by atoms with van der Waals surface area (Å²) in [5.41, 5.74) is 0. The lowest BCUT2D eigenvalue weighted by Crippen LogP contribution is -2.18. The normalized spacial score (nSPS) is 10.3. The molecule has 0 spiro atoms. The van der Waals surface area contributed by atoms with Gasteiger partial charge in [0.1, 0.15) is 0 Å². The van der Waals surface area contributed by atoms with Gasteiger partial charge >= 0.3 is 0 Å². The first-order valence-electron chi connectivity index (χ1n) is 4.86. The van der Waals surface area contributed by atoms with Crippen molar-refractivity contribution in [3.05, 3.63) is 0 Å². The summed E-state index contributed by atoms with van der Waals surface area (Å²) in [6, 6.07) is 0. The summed E-state index contributed by atoms with van der Waals surface area (Å²) in [5, 5.41) is 0. The van der Waals surface area contributed by atoms with Crippen LogP contribution in [0.25, 0.3) is 0 Å². The van der Waals surface area contributed by atoms with Gasteiger partial charge in [-0.3, -0.25) is 4.99 Å². The molecule has 0 aliphatic carbocycles. The minimum atomic E-state index is 0.973. The Hall–Kier alpha value is -0.530. The Balaban J connectivity index is 0. The van der Waals surface area contributed by atoms with Crippen LogP contribution in [-0.2, 0) is 0 Å². The van der Waals surface area contributed by atoms with E-state index in [0.717, 1.165) is 12.4 Å². The highest BCUT2D eigenvalue weighted by atomic mass is 15.1. The third-order valence-corrected chi connectivity index (χ3v) is 1.50. The largest absolute Gasteiger partial charge is 0.367 e. The predicted molar refractivity (Wildman–Crippen MR) is 57.9 cm³/mol. The highest BCUT2D eigenvalue weighted by molar-refractivity contribution is 5.79. The van der Waals surface area contributed by atoms with Gasteiger partial charge in [-0.15, -0.1) is 0 Å². The van der Waals surface area contributed by atoms with Crippen LogP contribution >= 0.6 is 0 Å². The second kappa shape index (κ2) is 10.5. The minimum Gasteiger partial charge on any atom is -0.367 e. The standard InChI is InChI=1S/C8H18N2.C2H6/c1-5-6-7-9-8(2)10(3)4;1-2/h5-7H2,1-4H3;1-2H3. The average molecular weight is 172 g/mol. The zero-order valence-electron chi connectivity index (χ0n) is 9.52. The van der Waals surface area contributed by atoms with Crippen LogP contribution in [0.1, 0.15) is 40.5 Å². The van der Waals surface area contributed by atoms with Gasteiger partial charge < -0.3 is 4.90 Å². The predicted octanol–water partition coefficient (Wildman–Crippen LogP) is 2.79. The van der Waals surface area contributed by atoms with Crippen LogP contribution in [0.3, 0.4) is 0 Å². The number of unbranched alkanes of at least 4 members (excludes halogenated alkanes) is 1. The zero-order chi connectivity index (χ0) is 9.98. The highest BCUT2D eigenvalue weighted by Gasteiger charge is 1.89. The highest BCUT2D eigenvalue weighted by Crippen LogP contribution is 1.89. The molecule has 12 heavy (non-hydrogen) atoms. The molecule has 2 nitrogen and oxygen atoms in total. The molecule has 0 radical (unpaired) electrons. The molecule has 74 valence electrons. The molecule has 0 aliphatic rings. The third kappa shape index (κ3) is 9.47. The van der Waals surface area contributed by atoms with Crippen molar-refractivity contribution in [2.24, 2.45) is 4.99 Å². The Kier molecular flexibility index (Phi) is 12.2. The van der Waals surface area contributed by atoms with E-state index in [0.29, 0.717) is 0 Å². The van der Waals surface area contributed by atoms with E-state index in [1.54, 1.807) is 0 Å². The van der Waals surface area contributed by atoms with Crippen LogP contribution in [-0.4, -0.2) is 31.4 Å². The fourth-order valence-corrected chi connectivity index (χ4v) is 0.540. The molecule has 0 fully saturated rings. The fourth-order valence-electron chi connectivity index (χ4n) is 0.540. The summed E-state index contributed by atoms with van der Waals surface area (Å²) in [6.45, 7) is 9.19. The average Bonchev–Trinajstić information content (AvgIpc) is 2.08. The lowest BCUT2D eigenvalue weighted by atomic mass is 10.3. The molecule has 0 bridgehead atoms. The molecule has 0 aliphatic heterocycles. The molecule has 0 amide bonds. The monoisotopic (exact) mass is 172 g/mol. The van der Waals surface area contributed by atoms with E-state index >= 15 is 0 Å². The Morgan fingerprint density at radius 2 is 1.75 bits per heavy atom. The third-order valence-electron chi connectivity index (χ3n) is 1.50. The van der Waals surface area contributed by atoms with Crippen LogP contribution in [0.15, 0.2) is 4.99 Å². The van der Waals surface area contributed by atoms with Gasteiger partial charge in [-0.05, 0) is 13.3 Å². The smallest absolute Gasteiger partial charge is 0.0952 e. The Morgan fingerprint density at radius 1 is 1.25 bits per heavy atom. The van der Waals surface area contributed by atoms with Gasteiger partial charge in [0.25, 0.3) is 0 Å². The number of aliphatic imine (C=N–C) groups is 1. The van der Waals surface area contributed by atoms with Crippen molar-refractivity contribution >= 4 is 5.84 Å². The number of amidine groups is 1. The molecule has 0 saturated heterocycles. The lowest BCUT2D eigenvalue weighted by molar-refractivity contribution is 0.611. The van der Waals surface area contributed by atoms with E-state index in [1.165, 1.54) is 12.8 Å². The van der Waals surface area contributed by atoms with Crippen molar-refractivity contribution in [2.75, 3.05) is 20.6 Å². The van der Waals surface area contributed by atoms with Crippen molar-refractivity contribution in [3.8, 4) is 0 Å². The Bertz CT molecular complexity index is 106. The van der Waals surface area contributed by atoms with E-state index in [9.17, 15) is 0 Å². The van der Waals surface area contributed by atoms with E-state index in [-0.39, 0.29) is 0 Å². The van der Waals surface area contributed by atoms with Crippen LogP contribution in [0.5, 0.6) is 0 Å². The minimum absolute atomic E-state index is 0.973. The zero-order valence-corrected chi connectivity index (χ0v) is 9.52. The van der Waals surface area contributed by atoms with Crippen LogP contribution < -0.4 is 0 Å². The quantitative estimate of drug-likeness (QED) is 0.363. The number of rotatable bonds is 3. The van der Waals surface area contributed by atoms with Crippen molar-refractivity contribution in [3.63, 3.8) is 0 Å². The van der Waals surface area contributed by atoms with Crippen LogP contribution in [0.2, 0.25) is 0 Å². The maximum Gasteiger partial charge on any atom is 0.0952 e. The molecule has 0 atom stereocenters.